The lowest BCUT2D eigenvalue weighted by Crippen LogP contribution is -2.21. The number of ether oxygens (including phenoxy) is 1. The Kier molecular flexibility index (Phi) is 6.76. The maximum Gasteiger partial charge on any atom is 0.416 e. The fourth-order valence-electron chi connectivity index (χ4n) is 3.77. The standard InChI is InChI=1S/C22H21F3N10O/c1-3-16(15(34-27)8-30-17-6-12(4-5-29-17)22(23,24)25)35-9-14(13-7-28-10-33-21(13)36-2)18-19(26)31-11-32-20(18)35/h4-11,16H,3,27H2,1-2H3,(H2,26,31,32). The molecule has 36 heavy (non-hydrogen) atoms. The van der Waals surface area contributed by atoms with Crippen LogP contribution in [0.25, 0.3) is 22.2 Å². The zero-order valence-electron chi connectivity index (χ0n) is 19.2. The molecule has 1 atom stereocenters. The zero-order chi connectivity index (χ0) is 25.9. The van der Waals surface area contributed by atoms with Gasteiger partial charge < -0.3 is 20.9 Å². The van der Waals surface area contributed by atoms with Crippen molar-refractivity contribution in [2.45, 2.75) is 25.6 Å². The number of nitrogens with two attached hydrogens (primary N) is 2. The number of hydrogen-bond donors (Lipinski definition) is 2. The van der Waals surface area contributed by atoms with Gasteiger partial charge in [-0.3, -0.25) is 0 Å². The number of pyridine rings is 1. The van der Waals surface area contributed by atoms with Crippen LogP contribution in [0.3, 0.4) is 0 Å². The Balaban J connectivity index is 1.80. The second kappa shape index (κ2) is 9.93. The Morgan fingerprint density at radius 3 is 2.69 bits per heavy atom. The quantitative estimate of drug-likeness (QED) is 0.223. The van der Waals surface area contributed by atoms with E-state index in [2.05, 4.69) is 35.0 Å². The largest absolute Gasteiger partial charge is 0.480 e. The highest BCUT2D eigenvalue weighted by Gasteiger charge is 2.30. The van der Waals surface area contributed by atoms with Gasteiger partial charge in [-0.1, -0.05) is 6.92 Å². The molecule has 0 aliphatic carbocycles. The monoisotopic (exact) mass is 498 g/mol. The number of nitrogens with zero attached hydrogens (tertiary/aromatic N) is 8. The first-order chi connectivity index (χ1) is 17.3. The van der Waals surface area contributed by atoms with Crippen molar-refractivity contribution in [2.24, 2.45) is 15.9 Å². The smallest absolute Gasteiger partial charge is 0.416 e. The average Bonchev–Trinajstić information content (AvgIpc) is 3.26. The van der Waals surface area contributed by atoms with E-state index in [-0.39, 0.29) is 17.3 Å². The van der Waals surface area contributed by atoms with Crippen molar-refractivity contribution < 1.29 is 17.9 Å². The van der Waals surface area contributed by atoms with Gasteiger partial charge in [0.25, 0.3) is 0 Å². The van der Waals surface area contributed by atoms with Gasteiger partial charge >= 0.3 is 6.18 Å². The molecule has 0 radical (unpaired) electrons. The van der Waals surface area contributed by atoms with E-state index in [4.69, 9.17) is 16.3 Å². The first-order valence-electron chi connectivity index (χ1n) is 10.6. The number of nitrogen functional groups attached to an aromatic ring is 1. The number of rotatable bonds is 7. The van der Waals surface area contributed by atoms with Crippen LogP contribution in [0, 0.1) is 0 Å². The average molecular weight is 498 g/mol. The summed E-state index contributed by atoms with van der Waals surface area (Å²) in [5.74, 6) is 6.08. The van der Waals surface area contributed by atoms with Crippen LogP contribution in [0.4, 0.5) is 24.8 Å². The Morgan fingerprint density at radius 2 is 2.00 bits per heavy atom. The number of aliphatic imine (C=N–C) groups is 1. The Labute approximate surface area is 202 Å². The molecule has 0 spiro atoms. The molecule has 0 aromatic carbocycles. The molecule has 0 aliphatic heterocycles. The molecule has 4 aromatic heterocycles. The highest BCUT2D eigenvalue weighted by atomic mass is 19.4. The Bertz CT molecular complexity index is 1450. The first kappa shape index (κ1) is 24.5. The number of methoxy groups -OCH3 is 1. The molecule has 4 heterocycles. The molecule has 0 amide bonds. The van der Waals surface area contributed by atoms with Gasteiger partial charge in [0.2, 0.25) is 5.88 Å². The van der Waals surface area contributed by atoms with Gasteiger partial charge in [-0.15, -0.1) is 0 Å². The molecule has 1 unspecified atom stereocenters. The third-order valence-corrected chi connectivity index (χ3v) is 5.41. The number of alkyl halides is 3. The van der Waals surface area contributed by atoms with Crippen LogP contribution in [0.15, 0.2) is 53.5 Å². The van der Waals surface area contributed by atoms with Crippen molar-refractivity contribution in [3.63, 3.8) is 0 Å². The van der Waals surface area contributed by atoms with Gasteiger partial charge in [0.1, 0.15) is 29.8 Å². The summed E-state index contributed by atoms with van der Waals surface area (Å²) in [5.41, 5.74) is 7.27. The Hall–Kier alpha value is -4.62. The van der Waals surface area contributed by atoms with E-state index in [9.17, 15) is 13.2 Å². The third kappa shape index (κ3) is 4.64. The van der Waals surface area contributed by atoms with Crippen LogP contribution in [0.1, 0.15) is 24.9 Å². The SMILES string of the molecule is CCC(C(C=Nc1cc(C(F)(F)F)ccn1)=NN)n1cc(-c2cncnc2OC)c2c(N)ncnc21. The van der Waals surface area contributed by atoms with Gasteiger partial charge in [0, 0.05) is 24.2 Å². The van der Waals surface area contributed by atoms with Crippen LogP contribution in [-0.4, -0.2) is 48.5 Å². The van der Waals surface area contributed by atoms with Crippen LogP contribution in [-0.2, 0) is 6.18 Å². The first-order valence-corrected chi connectivity index (χ1v) is 10.6. The van der Waals surface area contributed by atoms with Gasteiger partial charge in [0.15, 0.2) is 5.82 Å². The molecular weight excluding hydrogens is 477 g/mol. The number of halogens is 3. The summed E-state index contributed by atoms with van der Waals surface area (Å²) in [6.07, 6.45) is 4.30. The summed E-state index contributed by atoms with van der Waals surface area (Å²) in [6, 6.07) is 1.20. The number of aromatic nitrogens is 6. The number of fused-ring (bicyclic) bond motifs is 1. The van der Waals surface area contributed by atoms with E-state index in [1.54, 1.807) is 17.0 Å². The minimum absolute atomic E-state index is 0.142. The third-order valence-electron chi connectivity index (χ3n) is 5.41. The molecule has 11 nitrogen and oxygen atoms in total. The molecule has 0 fully saturated rings. The second-order valence-electron chi connectivity index (χ2n) is 7.49. The van der Waals surface area contributed by atoms with Gasteiger partial charge in [-0.25, -0.2) is 29.9 Å². The lowest BCUT2D eigenvalue weighted by molar-refractivity contribution is -0.137. The van der Waals surface area contributed by atoms with E-state index in [0.717, 1.165) is 18.3 Å². The molecule has 4 aromatic rings. The summed E-state index contributed by atoms with van der Waals surface area (Å²) >= 11 is 0. The van der Waals surface area contributed by atoms with E-state index < -0.39 is 17.8 Å². The predicted molar refractivity (Wildman–Crippen MR) is 128 cm³/mol. The highest BCUT2D eigenvalue weighted by Crippen LogP contribution is 2.38. The summed E-state index contributed by atoms with van der Waals surface area (Å²) < 4.78 is 46.3. The minimum Gasteiger partial charge on any atom is -0.480 e. The van der Waals surface area contributed by atoms with E-state index >= 15 is 0 Å². The molecule has 0 aliphatic rings. The van der Waals surface area contributed by atoms with Crippen LogP contribution in [0.2, 0.25) is 0 Å². The van der Waals surface area contributed by atoms with E-state index in [1.165, 1.54) is 26.0 Å². The minimum atomic E-state index is -4.52. The van der Waals surface area contributed by atoms with Crippen molar-refractivity contribution in [3.8, 4) is 17.0 Å². The van der Waals surface area contributed by atoms with Crippen molar-refractivity contribution >= 4 is 34.6 Å². The molecule has 14 heteroatoms. The molecule has 186 valence electrons. The molecule has 0 bridgehead atoms. The second-order valence-corrected chi connectivity index (χ2v) is 7.49. The zero-order valence-corrected chi connectivity index (χ0v) is 19.2. The molecule has 4 rings (SSSR count). The maximum absolute atomic E-state index is 13.0. The predicted octanol–water partition coefficient (Wildman–Crippen LogP) is 3.56. The van der Waals surface area contributed by atoms with Crippen molar-refractivity contribution in [1.82, 2.24) is 29.5 Å². The van der Waals surface area contributed by atoms with E-state index in [0.29, 0.717) is 34.5 Å². The van der Waals surface area contributed by atoms with Gasteiger partial charge in [0.05, 0.1) is 35.9 Å². The summed E-state index contributed by atoms with van der Waals surface area (Å²) in [5, 5.41) is 4.38. The van der Waals surface area contributed by atoms with Crippen LogP contribution >= 0.6 is 0 Å². The topological polar surface area (TPSA) is 155 Å². The fourth-order valence-corrected chi connectivity index (χ4v) is 3.77. The number of anilines is 1. The summed E-state index contributed by atoms with van der Waals surface area (Å²) in [7, 11) is 1.48. The normalized spacial score (nSPS) is 13.4. The summed E-state index contributed by atoms with van der Waals surface area (Å²) in [6.45, 7) is 1.88. The fraction of sp³-hybridized carbons (Fsp3) is 0.227. The Morgan fingerprint density at radius 1 is 1.19 bits per heavy atom. The van der Waals surface area contributed by atoms with E-state index in [1.807, 2.05) is 6.92 Å². The van der Waals surface area contributed by atoms with Crippen molar-refractivity contribution in [3.05, 3.63) is 48.9 Å². The molecule has 0 saturated heterocycles. The van der Waals surface area contributed by atoms with Crippen LogP contribution < -0.4 is 16.3 Å². The van der Waals surface area contributed by atoms with Crippen LogP contribution in [0.5, 0.6) is 5.88 Å². The molecular formula is C22H21F3N10O. The lowest BCUT2D eigenvalue weighted by Gasteiger charge is -2.17. The van der Waals surface area contributed by atoms with Gasteiger partial charge in [-0.05, 0) is 18.6 Å². The maximum atomic E-state index is 13.0. The number of hydrazone groups is 1. The molecule has 0 saturated carbocycles. The number of hydrogen-bond acceptors (Lipinski definition) is 10. The highest BCUT2D eigenvalue weighted by molar-refractivity contribution is 6.32. The lowest BCUT2D eigenvalue weighted by atomic mass is 10.1. The summed E-state index contributed by atoms with van der Waals surface area (Å²) in [4.78, 5) is 24.7. The van der Waals surface area contributed by atoms with Crippen molar-refractivity contribution in [2.75, 3.05) is 12.8 Å². The van der Waals surface area contributed by atoms with Gasteiger partial charge in [-0.2, -0.15) is 18.3 Å². The molecule has 4 N–H and O–H groups in total. The van der Waals surface area contributed by atoms with Crippen molar-refractivity contribution in [1.29, 1.82) is 0 Å².